The zero-order chi connectivity index (χ0) is 29.6. The second-order valence-corrected chi connectivity index (χ2v) is 11.8. The Morgan fingerprint density at radius 1 is 0.452 bits per heavy atom. The first-order valence-electron chi connectivity index (χ1n) is 16.7. The van der Waals surface area contributed by atoms with Gasteiger partial charge in [0.1, 0.15) is 0 Å². The van der Waals surface area contributed by atoms with E-state index in [0.29, 0.717) is 13.2 Å². The van der Waals surface area contributed by atoms with Crippen molar-refractivity contribution in [3.63, 3.8) is 0 Å². The number of terminal acetylenes is 2. The molecule has 4 aromatic rings. The van der Waals surface area contributed by atoms with Crippen molar-refractivity contribution in [2.24, 2.45) is 0 Å². The van der Waals surface area contributed by atoms with Crippen molar-refractivity contribution in [1.82, 2.24) is 0 Å². The van der Waals surface area contributed by atoms with Crippen LogP contribution in [0.15, 0.2) is 36.4 Å². The lowest BCUT2D eigenvalue weighted by atomic mass is 9.89. The predicted molar refractivity (Wildman–Crippen MR) is 182 cm³/mol. The predicted octanol–water partition coefficient (Wildman–Crippen LogP) is 11.6. The highest BCUT2D eigenvalue weighted by Crippen LogP contribution is 2.48. The van der Waals surface area contributed by atoms with E-state index in [4.69, 9.17) is 22.3 Å². The van der Waals surface area contributed by atoms with E-state index >= 15 is 0 Å². The maximum Gasteiger partial charge on any atom is 0.169 e. The summed E-state index contributed by atoms with van der Waals surface area (Å²) in [4.78, 5) is 0. The molecule has 0 unspecified atom stereocenters. The Morgan fingerprint density at radius 3 is 1.14 bits per heavy atom. The van der Waals surface area contributed by atoms with Gasteiger partial charge in [-0.2, -0.15) is 0 Å². The first-order valence-corrected chi connectivity index (χ1v) is 16.7. The first-order chi connectivity index (χ1) is 20.7. The maximum atomic E-state index is 6.64. The molecule has 42 heavy (non-hydrogen) atoms. The van der Waals surface area contributed by atoms with Gasteiger partial charge in [-0.05, 0) is 47.9 Å². The van der Waals surface area contributed by atoms with Crippen LogP contribution >= 0.6 is 0 Å². The van der Waals surface area contributed by atoms with Gasteiger partial charge in [0.25, 0.3) is 0 Å². The van der Waals surface area contributed by atoms with Crippen molar-refractivity contribution in [1.29, 1.82) is 0 Å². The molecule has 4 rings (SSSR count). The number of rotatable bonds is 20. The third kappa shape index (κ3) is 7.72. The summed E-state index contributed by atoms with van der Waals surface area (Å²) in [5.74, 6) is 7.47. The lowest BCUT2D eigenvalue weighted by Gasteiger charge is -2.21. The minimum absolute atomic E-state index is 0.682. The average Bonchev–Trinajstić information content (AvgIpc) is 3.02. The number of ether oxygens (including phenoxy) is 2. The molecule has 2 heteroatoms. The molecule has 0 radical (unpaired) electrons. The Balaban J connectivity index is 1.58. The number of unbranched alkanes of at least 4 members (excludes halogenated alkanes) is 14. The fourth-order valence-corrected chi connectivity index (χ4v) is 6.27. The summed E-state index contributed by atoms with van der Waals surface area (Å²) >= 11 is 0. The molecule has 0 aliphatic carbocycles. The van der Waals surface area contributed by atoms with Gasteiger partial charge in [-0.15, -0.1) is 12.8 Å². The summed E-state index contributed by atoms with van der Waals surface area (Å²) in [6.45, 7) is 5.90. The average molecular weight is 563 g/mol. The molecular formula is C40H50O2. The lowest BCUT2D eigenvalue weighted by molar-refractivity contribution is 0.263. The van der Waals surface area contributed by atoms with E-state index in [9.17, 15) is 0 Å². The Kier molecular flexibility index (Phi) is 12.7. The smallest absolute Gasteiger partial charge is 0.169 e. The molecule has 0 heterocycles. The molecule has 0 saturated heterocycles. The molecule has 0 aromatic heterocycles. The Labute approximate surface area is 254 Å². The van der Waals surface area contributed by atoms with Crippen molar-refractivity contribution in [3.05, 3.63) is 47.5 Å². The summed E-state index contributed by atoms with van der Waals surface area (Å²) in [6, 6.07) is 12.5. The van der Waals surface area contributed by atoms with Gasteiger partial charge < -0.3 is 9.47 Å². The van der Waals surface area contributed by atoms with Crippen LogP contribution in [0.3, 0.4) is 0 Å². The van der Waals surface area contributed by atoms with Crippen LogP contribution in [0, 0.1) is 24.7 Å². The summed E-state index contributed by atoms with van der Waals surface area (Å²) < 4.78 is 13.3. The minimum Gasteiger partial charge on any atom is -0.489 e. The van der Waals surface area contributed by atoms with Crippen LogP contribution in [0.2, 0.25) is 0 Å². The molecule has 0 aliphatic rings. The van der Waals surface area contributed by atoms with Gasteiger partial charge >= 0.3 is 0 Å². The standard InChI is InChI=1S/C40H50O2/c1-5-9-11-13-15-17-19-21-29-41-39-35-25-23-31(7-3)33-27-28-34-32(8-4)24-26-36(38(34)37(33)35)40(39)42-30-22-20-18-16-14-12-10-6-2/h3-4,23-28H,5-6,9-22,29-30H2,1-2H3. The van der Waals surface area contributed by atoms with Crippen LogP contribution < -0.4 is 9.47 Å². The molecule has 222 valence electrons. The van der Waals surface area contributed by atoms with E-state index in [-0.39, 0.29) is 0 Å². The molecule has 2 nitrogen and oxygen atoms in total. The summed E-state index contributed by atoms with van der Waals surface area (Å²) in [5.41, 5.74) is 1.77. The SMILES string of the molecule is C#Cc1ccc2c(OCCCCCCCCCC)c(OCCCCCCCCCC)c3ccc(C#C)c4ccc1c2c43. The van der Waals surface area contributed by atoms with Gasteiger partial charge in [-0.25, -0.2) is 0 Å². The molecule has 0 aliphatic heterocycles. The van der Waals surface area contributed by atoms with Gasteiger partial charge in [0.2, 0.25) is 0 Å². The van der Waals surface area contributed by atoms with Crippen molar-refractivity contribution in [3.8, 4) is 36.2 Å². The minimum atomic E-state index is 0.682. The van der Waals surface area contributed by atoms with Gasteiger partial charge in [-0.1, -0.05) is 128 Å². The van der Waals surface area contributed by atoms with Crippen LogP contribution in [-0.2, 0) is 0 Å². The topological polar surface area (TPSA) is 18.5 Å². The van der Waals surface area contributed by atoms with Gasteiger partial charge in [0.05, 0.1) is 13.2 Å². The highest BCUT2D eigenvalue weighted by molar-refractivity contribution is 6.28. The quantitative estimate of drug-likeness (QED) is 0.0606. The third-order valence-corrected chi connectivity index (χ3v) is 8.65. The van der Waals surface area contributed by atoms with Crippen LogP contribution in [0.5, 0.6) is 11.5 Å². The van der Waals surface area contributed by atoms with Crippen molar-refractivity contribution in [2.75, 3.05) is 13.2 Å². The van der Waals surface area contributed by atoms with Crippen LogP contribution in [-0.4, -0.2) is 13.2 Å². The van der Waals surface area contributed by atoms with E-state index in [0.717, 1.165) is 67.8 Å². The van der Waals surface area contributed by atoms with Crippen molar-refractivity contribution < 1.29 is 9.47 Å². The van der Waals surface area contributed by atoms with E-state index in [1.165, 1.54) is 89.9 Å². The van der Waals surface area contributed by atoms with Gasteiger partial charge in [0.15, 0.2) is 11.5 Å². The number of hydrogen-bond donors (Lipinski definition) is 0. The highest BCUT2D eigenvalue weighted by atomic mass is 16.5. The van der Waals surface area contributed by atoms with Gasteiger partial charge in [0, 0.05) is 32.7 Å². The van der Waals surface area contributed by atoms with E-state index in [1.54, 1.807) is 0 Å². The maximum absolute atomic E-state index is 6.64. The molecule has 0 fully saturated rings. The van der Waals surface area contributed by atoms with Crippen LogP contribution in [0.4, 0.5) is 0 Å². The summed E-state index contributed by atoms with van der Waals surface area (Å²) in [6.07, 6.45) is 32.2. The summed E-state index contributed by atoms with van der Waals surface area (Å²) in [7, 11) is 0. The van der Waals surface area contributed by atoms with E-state index in [1.807, 2.05) is 12.1 Å². The monoisotopic (exact) mass is 562 g/mol. The van der Waals surface area contributed by atoms with E-state index < -0.39 is 0 Å². The zero-order valence-electron chi connectivity index (χ0n) is 26.2. The Morgan fingerprint density at radius 2 is 0.786 bits per heavy atom. The highest BCUT2D eigenvalue weighted by Gasteiger charge is 2.22. The van der Waals surface area contributed by atoms with Crippen LogP contribution in [0.25, 0.3) is 32.3 Å². The number of benzene rings is 4. The number of hydrogen-bond acceptors (Lipinski definition) is 2. The lowest BCUT2D eigenvalue weighted by Crippen LogP contribution is -2.05. The third-order valence-electron chi connectivity index (χ3n) is 8.65. The Bertz CT molecular complexity index is 1370. The normalized spacial score (nSPS) is 11.3. The Hall–Kier alpha value is -3.36. The second kappa shape index (κ2) is 16.9. The molecule has 4 aromatic carbocycles. The molecule has 0 saturated carbocycles. The van der Waals surface area contributed by atoms with Crippen molar-refractivity contribution >= 4 is 32.3 Å². The molecule has 0 spiro atoms. The van der Waals surface area contributed by atoms with E-state index in [2.05, 4.69) is 50.0 Å². The molecule has 0 bridgehead atoms. The molecule has 0 amide bonds. The van der Waals surface area contributed by atoms with Gasteiger partial charge in [-0.3, -0.25) is 0 Å². The van der Waals surface area contributed by atoms with Crippen molar-refractivity contribution in [2.45, 2.75) is 117 Å². The molecular weight excluding hydrogens is 512 g/mol. The first kappa shape index (κ1) is 31.6. The molecule has 0 N–H and O–H groups in total. The largest absolute Gasteiger partial charge is 0.489 e. The fourth-order valence-electron chi connectivity index (χ4n) is 6.27. The zero-order valence-corrected chi connectivity index (χ0v) is 26.2. The fraction of sp³-hybridized carbons (Fsp3) is 0.500. The molecule has 0 atom stereocenters. The summed E-state index contributed by atoms with van der Waals surface area (Å²) in [5, 5.41) is 6.49. The van der Waals surface area contributed by atoms with Crippen LogP contribution in [0.1, 0.15) is 128 Å². The second-order valence-electron chi connectivity index (χ2n) is 11.8.